The Bertz CT molecular complexity index is 1350. The summed E-state index contributed by atoms with van der Waals surface area (Å²) in [5.74, 6) is 2.00. The van der Waals surface area contributed by atoms with Crippen molar-refractivity contribution in [3.05, 3.63) is 48.3 Å². The Labute approximate surface area is 231 Å². The minimum atomic E-state index is -2.71. The molecule has 0 atom stereocenters. The Morgan fingerprint density at radius 3 is 2.44 bits per heavy atom. The van der Waals surface area contributed by atoms with E-state index in [4.69, 9.17) is 4.74 Å². The van der Waals surface area contributed by atoms with Crippen LogP contribution in [0.2, 0.25) is 0 Å². The summed E-state index contributed by atoms with van der Waals surface area (Å²) in [4.78, 5) is 18.3. The van der Waals surface area contributed by atoms with Crippen LogP contribution in [0.5, 0.6) is 5.75 Å². The van der Waals surface area contributed by atoms with E-state index in [1.54, 1.807) is 58.7 Å². The lowest BCUT2D eigenvalue weighted by atomic mass is 10.0. The number of anilines is 5. The molecule has 10 nitrogen and oxygen atoms in total. The minimum Gasteiger partial charge on any atom is -0.495 e. The summed E-state index contributed by atoms with van der Waals surface area (Å²) in [6, 6.07) is 11.9. The molecule has 4 rings (SSSR count). The van der Waals surface area contributed by atoms with Crippen molar-refractivity contribution in [2.45, 2.75) is 38.3 Å². The number of benzene rings is 1. The molecular weight excluding hydrogens is 513 g/mol. The topological polar surface area (TPSA) is 116 Å². The number of nitrogens with one attached hydrogen (secondary N) is 2. The van der Waals surface area contributed by atoms with Gasteiger partial charge in [0.05, 0.1) is 23.8 Å². The van der Waals surface area contributed by atoms with Gasteiger partial charge in [-0.05, 0) is 78.4 Å². The van der Waals surface area contributed by atoms with Gasteiger partial charge in [-0.25, -0.2) is 9.97 Å². The second-order valence-corrected chi connectivity index (χ2v) is 14.2. The number of piperidine rings is 1. The molecule has 0 amide bonds. The van der Waals surface area contributed by atoms with Gasteiger partial charge in [-0.3, -0.25) is 0 Å². The van der Waals surface area contributed by atoms with Gasteiger partial charge in [-0.1, -0.05) is 6.07 Å². The third-order valence-corrected chi connectivity index (χ3v) is 8.43. The highest BCUT2D eigenvalue weighted by atomic mass is 31.2. The Hall–Kier alpha value is -3.20. The van der Waals surface area contributed by atoms with Crippen LogP contribution in [0.1, 0.15) is 32.4 Å². The Kier molecular flexibility index (Phi) is 8.49. The van der Waals surface area contributed by atoms with E-state index in [0.29, 0.717) is 34.6 Å². The minimum absolute atomic E-state index is 0.343. The van der Waals surface area contributed by atoms with E-state index in [-0.39, 0.29) is 0 Å². The van der Waals surface area contributed by atoms with Crippen molar-refractivity contribution < 1.29 is 14.4 Å². The number of rotatable bonds is 9. The highest BCUT2D eigenvalue weighted by Crippen LogP contribution is 2.38. The summed E-state index contributed by atoms with van der Waals surface area (Å²) >= 11 is 0. The number of hydrogen-bond donors (Lipinski definition) is 3. The second-order valence-electron chi connectivity index (χ2n) is 11.1. The lowest BCUT2D eigenvalue weighted by molar-refractivity contribution is 0.0740. The van der Waals surface area contributed by atoms with E-state index in [1.807, 2.05) is 12.1 Å². The van der Waals surface area contributed by atoms with Crippen LogP contribution in [0, 0.1) is 0 Å². The van der Waals surface area contributed by atoms with Gasteiger partial charge in [-0.2, -0.15) is 4.98 Å². The van der Waals surface area contributed by atoms with Gasteiger partial charge in [0.2, 0.25) is 5.95 Å². The van der Waals surface area contributed by atoms with Crippen molar-refractivity contribution in [3.8, 4) is 5.75 Å². The fourth-order valence-electron chi connectivity index (χ4n) is 4.66. The number of aliphatic hydroxyl groups is 1. The summed E-state index contributed by atoms with van der Waals surface area (Å²) in [7, 11) is 3.25. The van der Waals surface area contributed by atoms with Crippen molar-refractivity contribution in [3.63, 3.8) is 0 Å². The van der Waals surface area contributed by atoms with E-state index in [9.17, 15) is 9.67 Å². The lowest BCUT2D eigenvalue weighted by Crippen LogP contribution is -2.42. The summed E-state index contributed by atoms with van der Waals surface area (Å²) in [6.07, 6.45) is 3.80. The van der Waals surface area contributed by atoms with E-state index >= 15 is 0 Å². The molecule has 1 aliphatic heterocycles. The molecule has 3 aromatic rings. The monoisotopic (exact) mass is 553 g/mol. The molecule has 3 N–H and O–H groups in total. The molecule has 39 heavy (non-hydrogen) atoms. The van der Waals surface area contributed by atoms with Gasteiger partial charge in [-0.15, -0.1) is 0 Å². The van der Waals surface area contributed by atoms with Crippen molar-refractivity contribution in [2.75, 3.05) is 63.2 Å². The number of ether oxygens (including phenoxy) is 1. The largest absolute Gasteiger partial charge is 0.495 e. The molecule has 0 spiro atoms. The van der Waals surface area contributed by atoms with Crippen LogP contribution >= 0.6 is 7.14 Å². The maximum atomic E-state index is 13.0. The van der Waals surface area contributed by atoms with Gasteiger partial charge in [0, 0.05) is 37.1 Å². The first-order valence-corrected chi connectivity index (χ1v) is 15.7. The smallest absolute Gasteiger partial charge is 0.229 e. The van der Waals surface area contributed by atoms with Crippen molar-refractivity contribution in [1.82, 2.24) is 19.9 Å². The molecule has 0 radical (unpaired) electrons. The molecule has 1 aromatic carbocycles. The Balaban J connectivity index is 1.58. The number of pyridine rings is 1. The van der Waals surface area contributed by atoms with E-state index in [0.717, 1.165) is 43.1 Å². The standard InChI is InChI=1S/C28H40N7O3P/c1-28(2,36)24-9-8-10-25(31-24)32-26-23(39(6,7)37)18-29-27(33-26)30-19-11-12-21(22(17-19)38-5)35-15-13-20(14-16-35)34(3)4/h8-12,17-18,20,36H,13-16H2,1-7H3,(H2,29,30,31,32,33). The van der Waals surface area contributed by atoms with Gasteiger partial charge in [0.15, 0.2) is 0 Å². The third kappa shape index (κ3) is 7.06. The van der Waals surface area contributed by atoms with E-state index in [2.05, 4.69) is 55.5 Å². The second kappa shape index (κ2) is 11.5. The molecule has 0 saturated carbocycles. The molecule has 0 aliphatic carbocycles. The van der Waals surface area contributed by atoms with Crippen LogP contribution in [0.4, 0.5) is 29.0 Å². The average molecular weight is 554 g/mol. The molecule has 3 heterocycles. The molecule has 0 bridgehead atoms. The number of nitrogens with zero attached hydrogens (tertiary/aromatic N) is 5. The normalized spacial score (nSPS) is 14.9. The van der Waals surface area contributed by atoms with E-state index in [1.165, 1.54) is 0 Å². The number of aromatic nitrogens is 3. The zero-order valence-electron chi connectivity index (χ0n) is 23.9. The summed E-state index contributed by atoms with van der Waals surface area (Å²) in [5, 5.41) is 17.3. The SMILES string of the molecule is COc1cc(Nc2ncc(P(C)(C)=O)c(Nc3cccc(C(C)(C)O)n3)n2)ccc1N1CCC(N(C)C)CC1. The van der Waals surface area contributed by atoms with Gasteiger partial charge in [0.25, 0.3) is 0 Å². The van der Waals surface area contributed by atoms with Crippen LogP contribution in [-0.4, -0.2) is 78.6 Å². The molecule has 210 valence electrons. The fourth-order valence-corrected chi connectivity index (χ4v) is 5.61. The Morgan fingerprint density at radius 1 is 1.10 bits per heavy atom. The molecule has 0 unspecified atom stereocenters. The van der Waals surface area contributed by atoms with Crippen LogP contribution in [0.3, 0.4) is 0 Å². The predicted octanol–water partition coefficient (Wildman–Crippen LogP) is 4.37. The lowest BCUT2D eigenvalue weighted by Gasteiger charge is -2.37. The van der Waals surface area contributed by atoms with Gasteiger partial charge < -0.3 is 34.8 Å². The van der Waals surface area contributed by atoms with Crippen molar-refractivity contribution in [1.29, 1.82) is 0 Å². The highest BCUT2D eigenvalue weighted by molar-refractivity contribution is 7.70. The highest BCUT2D eigenvalue weighted by Gasteiger charge is 2.24. The predicted molar refractivity (Wildman–Crippen MR) is 159 cm³/mol. The molecule has 11 heteroatoms. The zero-order chi connectivity index (χ0) is 28.4. The molecular formula is C28H40N7O3P. The summed E-state index contributed by atoms with van der Waals surface area (Å²) < 4.78 is 18.8. The first kappa shape index (κ1) is 28.8. The Morgan fingerprint density at radius 2 is 1.82 bits per heavy atom. The quantitative estimate of drug-likeness (QED) is 0.330. The number of hydrogen-bond acceptors (Lipinski definition) is 10. The molecule has 1 fully saturated rings. The van der Waals surface area contributed by atoms with Crippen LogP contribution in [0.15, 0.2) is 42.6 Å². The molecule has 1 aliphatic rings. The van der Waals surface area contributed by atoms with Crippen molar-refractivity contribution in [2.24, 2.45) is 0 Å². The third-order valence-electron chi connectivity index (χ3n) is 6.94. The summed E-state index contributed by atoms with van der Waals surface area (Å²) in [5.41, 5.74) is 1.25. The van der Waals surface area contributed by atoms with Crippen LogP contribution in [0.25, 0.3) is 0 Å². The van der Waals surface area contributed by atoms with Crippen LogP contribution in [-0.2, 0) is 10.2 Å². The van der Waals surface area contributed by atoms with Gasteiger partial charge >= 0.3 is 0 Å². The summed E-state index contributed by atoms with van der Waals surface area (Å²) in [6.45, 7) is 8.65. The van der Waals surface area contributed by atoms with Crippen molar-refractivity contribution >= 4 is 41.4 Å². The van der Waals surface area contributed by atoms with Crippen LogP contribution < -0.4 is 25.6 Å². The maximum Gasteiger partial charge on any atom is 0.229 e. The molecule has 1 saturated heterocycles. The first-order chi connectivity index (χ1) is 18.3. The maximum absolute atomic E-state index is 13.0. The number of methoxy groups -OCH3 is 1. The fraction of sp³-hybridized carbons (Fsp3) is 0.464. The first-order valence-electron chi connectivity index (χ1n) is 13.1. The molecule has 2 aromatic heterocycles. The van der Waals surface area contributed by atoms with E-state index < -0.39 is 12.7 Å². The zero-order valence-corrected chi connectivity index (χ0v) is 24.8. The van der Waals surface area contributed by atoms with Gasteiger partial charge in [0.1, 0.15) is 30.1 Å². The average Bonchev–Trinajstić information content (AvgIpc) is 2.88.